The zero-order chi connectivity index (χ0) is 20.3. The van der Waals surface area contributed by atoms with Crippen molar-refractivity contribution in [2.75, 3.05) is 30.9 Å². The predicted octanol–water partition coefficient (Wildman–Crippen LogP) is 3.55. The molecule has 1 heterocycles. The minimum Gasteiger partial charge on any atom is -0.493 e. The third-order valence-corrected chi connectivity index (χ3v) is 4.15. The van der Waals surface area contributed by atoms with E-state index in [1.807, 2.05) is 30.3 Å². The van der Waals surface area contributed by atoms with Gasteiger partial charge in [0.15, 0.2) is 23.9 Å². The van der Waals surface area contributed by atoms with E-state index in [0.717, 1.165) is 19.4 Å². The third kappa shape index (κ3) is 6.49. The first-order chi connectivity index (χ1) is 14.2. The van der Waals surface area contributed by atoms with Gasteiger partial charge in [0.25, 0.3) is 5.91 Å². The van der Waals surface area contributed by atoms with Crippen LogP contribution in [0.3, 0.4) is 0 Å². The third-order valence-electron chi connectivity index (χ3n) is 4.15. The Balaban J connectivity index is 1.39. The van der Waals surface area contributed by atoms with Crippen molar-refractivity contribution in [3.8, 4) is 11.5 Å². The fourth-order valence-corrected chi connectivity index (χ4v) is 2.71. The molecule has 3 aromatic rings. The average Bonchev–Trinajstić information content (AvgIpc) is 2.77. The maximum Gasteiger partial charge on any atom is 0.263 e. The van der Waals surface area contributed by atoms with Crippen LogP contribution in [0.25, 0.3) is 0 Å². The molecule has 29 heavy (non-hydrogen) atoms. The lowest BCUT2D eigenvalue weighted by Gasteiger charge is -2.10. The number of carbonyl (C=O) groups is 1. The van der Waals surface area contributed by atoms with Gasteiger partial charge in [-0.2, -0.15) is 0 Å². The Hall–Kier alpha value is -3.61. The molecule has 0 saturated carbocycles. The van der Waals surface area contributed by atoms with Gasteiger partial charge in [-0.25, -0.2) is 0 Å². The number of nitrogens with one attached hydrogen (secondary N) is 2. The Labute approximate surface area is 170 Å². The van der Waals surface area contributed by atoms with Gasteiger partial charge in [-0.3, -0.25) is 4.79 Å². The number of ether oxygens (including phenoxy) is 2. The number of nitrogens with zero attached hydrogens (tertiary/aromatic N) is 2. The maximum atomic E-state index is 12.1. The Bertz CT molecular complexity index is 901. The van der Waals surface area contributed by atoms with E-state index in [0.29, 0.717) is 23.1 Å². The largest absolute Gasteiger partial charge is 0.493 e. The zero-order valence-corrected chi connectivity index (χ0v) is 16.3. The number of aromatic nitrogens is 2. The van der Waals surface area contributed by atoms with Crippen LogP contribution in [0, 0.1) is 0 Å². The highest BCUT2D eigenvalue weighted by molar-refractivity contribution is 5.90. The minimum absolute atomic E-state index is 0.151. The number of amides is 1. The Kier molecular flexibility index (Phi) is 7.40. The van der Waals surface area contributed by atoms with E-state index >= 15 is 0 Å². The molecule has 0 saturated heterocycles. The quantitative estimate of drug-likeness (QED) is 0.513. The van der Waals surface area contributed by atoms with E-state index in [1.165, 1.54) is 5.56 Å². The fraction of sp³-hybridized carbons (Fsp3) is 0.227. The molecule has 0 aliphatic rings. The first kappa shape index (κ1) is 20.1. The number of hydrogen-bond donors (Lipinski definition) is 2. The van der Waals surface area contributed by atoms with Crippen LogP contribution < -0.4 is 20.1 Å². The van der Waals surface area contributed by atoms with Gasteiger partial charge in [0.05, 0.1) is 7.11 Å². The summed E-state index contributed by atoms with van der Waals surface area (Å²) < 4.78 is 10.7. The lowest BCUT2D eigenvalue weighted by atomic mass is 10.1. The van der Waals surface area contributed by atoms with Crippen molar-refractivity contribution in [2.24, 2.45) is 0 Å². The number of carbonyl (C=O) groups excluding carboxylic acids is 1. The summed E-state index contributed by atoms with van der Waals surface area (Å²) in [7, 11) is 1.55. The van der Waals surface area contributed by atoms with Crippen LogP contribution in [0.15, 0.2) is 66.7 Å². The molecular weight excluding hydrogens is 368 g/mol. The highest BCUT2D eigenvalue weighted by atomic mass is 16.5. The normalized spacial score (nSPS) is 10.2. The van der Waals surface area contributed by atoms with Crippen LogP contribution in [0.1, 0.15) is 12.0 Å². The number of methoxy groups -OCH3 is 1. The lowest BCUT2D eigenvalue weighted by Crippen LogP contribution is -2.21. The molecule has 2 aromatic carbocycles. The molecule has 0 radical (unpaired) electrons. The molecule has 0 aliphatic carbocycles. The molecule has 0 fully saturated rings. The van der Waals surface area contributed by atoms with Gasteiger partial charge in [0, 0.05) is 6.54 Å². The smallest absolute Gasteiger partial charge is 0.263 e. The number of hydrogen-bond acceptors (Lipinski definition) is 6. The van der Waals surface area contributed by atoms with Crippen LogP contribution in [0.5, 0.6) is 11.5 Å². The molecule has 0 spiro atoms. The van der Waals surface area contributed by atoms with Crippen LogP contribution in [-0.4, -0.2) is 36.4 Å². The van der Waals surface area contributed by atoms with Crippen molar-refractivity contribution in [1.29, 1.82) is 0 Å². The minimum atomic E-state index is -0.325. The number of aryl methyl sites for hydroxylation is 1. The monoisotopic (exact) mass is 392 g/mol. The van der Waals surface area contributed by atoms with Gasteiger partial charge in [0.1, 0.15) is 5.82 Å². The summed E-state index contributed by atoms with van der Waals surface area (Å²) in [6.45, 7) is 0.642. The van der Waals surface area contributed by atoms with E-state index < -0.39 is 0 Å². The predicted molar refractivity (Wildman–Crippen MR) is 112 cm³/mol. The summed E-state index contributed by atoms with van der Waals surface area (Å²) in [5, 5.41) is 14.0. The van der Waals surface area contributed by atoms with Gasteiger partial charge in [0.2, 0.25) is 0 Å². The first-order valence-electron chi connectivity index (χ1n) is 9.42. The topological polar surface area (TPSA) is 85.4 Å². The summed E-state index contributed by atoms with van der Waals surface area (Å²) in [4.78, 5) is 12.1. The SMILES string of the molecule is COc1ccccc1OCC(=O)Nc1ccc(NCCCc2ccccc2)nn1. The van der Waals surface area contributed by atoms with Crippen LogP contribution in [-0.2, 0) is 11.2 Å². The Morgan fingerprint density at radius 2 is 1.59 bits per heavy atom. The van der Waals surface area contributed by atoms with E-state index in [1.54, 1.807) is 31.4 Å². The van der Waals surface area contributed by atoms with Crippen molar-refractivity contribution in [1.82, 2.24) is 10.2 Å². The van der Waals surface area contributed by atoms with E-state index in [4.69, 9.17) is 9.47 Å². The highest BCUT2D eigenvalue weighted by Crippen LogP contribution is 2.25. The van der Waals surface area contributed by atoms with Gasteiger partial charge in [-0.05, 0) is 42.7 Å². The van der Waals surface area contributed by atoms with Gasteiger partial charge < -0.3 is 20.1 Å². The molecule has 3 rings (SSSR count). The van der Waals surface area contributed by atoms with Crippen LogP contribution >= 0.6 is 0 Å². The van der Waals surface area contributed by atoms with Gasteiger partial charge >= 0.3 is 0 Å². The van der Waals surface area contributed by atoms with Gasteiger partial charge in [-0.15, -0.1) is 10.2 Å². The van der Waals surface area contributed by atoms with Crippen molar-refractivity contribution >= 4 is 17.5 Å². The molecule has 0 bridgehead atoms. The van der Waals surface area contributed by atoms with Crippen LogP contribution in [0.4, 0.5) is 11.6 Å². The van der Waals surface area contributed by atoms with E-state index in [-0.39, 0.29) is 12.5 Å². The molecule has 150 valence electrons. The van der Waals surface area contributed by atoms with Crippen molar-refractivity contribution in [3.63, 3.8) is 0 Å². The second-order valence-electron chi connectivity index (χ2n) is 6.31. The second kappa shape index (κ2) is 10.7. The maximum absolute atomic E-state index is 12.1. The van der Waals surface area contributed by atoms with Gasteiger partial charge in [-0.1, -0.05) is 42.5 Å². The van der Waals surface area contributed by atoms with Crippen LogP contribution in [0.2, 0.25) is 0 Å². The van der Waals surface area contributed by atoms with Crippen molar-refractivity contribution in [2.45, 2.75) is 12.8 Å². The Morgan fingerprint density at radius 1 is 0.897 bits per heavy atom. The molecular formula is C22H24N4O3. The number of benzene rings is 2. The Morgan fingerprint density at radius 3 is 2.31 bits per heavy atom. The first-order valence-corrected chi connectivity index (χ1v) is 9.42. The van der Waals surface area contributed by atoms with Crippen molar-refractivity contribution in [3.05, 3.63) is 72.3 Å². The molecule has 7 nitrogen and oxygen atoms in total. The zero-order valence-electron chi connectivity index (χ0n) is 16.3. The fourth-order valence-electron chi connectivity index (χ4n) is 2.71. The molecule has 1 aromatic heterocycles. The number of anilines is 2. The summed E-state index contributed by atoms with van der Waals surface area (Å²) in [6, 6.07) is 21.0. The van der Waals surface area contributed by atoms with Crippen molar-refractivity contribution < 1.29 is 14.3 Å². The lowest BCUT2D eigenvalue weighted by molar-refractivity contribution is -0.118. The molecule has 0 aliphatic heterocycles. The number of para-hydroxylation sites is 2. The molecule has 0 unspecified atom stereocenters. The summed E-state index contributed by atoms with van der Waals surface area (Å²) >= 11 is 0. The van der Waals surface area contributed by atoms with E-state index in [9.17, 15) is 4.79 Å². The summed E-state index contributed by atoms with van der Waals surface area (Å²) in [6.07, 6.45) is 1.99. The number of rotatable bonds is 10. The summed E-state index contributed by atoms with van der Waals surface area (Å²) in [5.74, 6) is 1.79. The second-order valence-corrected chi connectivity index (χ2v) is 6.31. The average molecular weight is 392 g/mol. The van der Waals surface area contributed by atoms with E-state index in [2.05, 4.69) is 33.0 Å². The molecule has 1 amide bonds. The highest BCUT2D eigenvalue weighted by Gasteiger charge is 2.08. The summed E-state index contributed by atoms with van der Waals surface area (Å²) in [5.41, 5.74) is 1.31. The molecule has 2 N–H and O–H groups in total. The molecule has 7 heteroatoms. The molecule has 0 atom stereocenters. The standard InChI is InChI=1S/C22H24N4O3/c1-28-18-11-5-6-12-19(18)29-16-22(27)24-21-14-13-20(25-26-21)23-15-7-10-17-8-3-2-4-9-17/h2-6,8-9,11-14H,7,10,15-16H2,1H3,(H,23,25)(H,24,26,27).